The maximum absolute atomic E-state index is 12.9. The summed E-state index contributed by atoms with van der Waals surface area (Å²) < 4.78 is 14.4. The quantitative estimate of drug-likeness (QED) is 0.870. The highest BCUT2D eigenvalue weighted by atomic mass is 19.1. The van der Waals surface area contributed by atoms with E-state index in [1.165, 1.54) is 35.0 Å². The van der Waals surface area contributed by atoms with Crippen molar-refractivity contribution in [3.05, 3.63) is 59.7 Å². The summed E-state index contributed by atoms with van der Waals surface area (Å²) in [5.41, 5.74) is 1.38. The second-order valence-electron chi connectivity index (χ2n) is 3.95. The lowest BCUT2D eigenvalue weighted by Crippen LogP contribution is -1.98. The Morgan fingerprint density at radius 2 is 2.05 bits per heavy atom. The Morgan fingerprint density at radius 3 is 2.65 bits per heavy atom. The molecule has 0 saturated carbocycles. The number of aromatic carboxylic acids is 1. The minimum atomic E-state index is -0.986. The lowest BCUT2D eigenvalue weighted by molar-refractivity contribution is 0.0697. The van der Waals surface area contributed by atoms with Crippen LogP contribution in [0.5, 0.6) is 0 Å². The van der Waals surface area contributed by atoms with Crippen molar-refractivity contribution in [2.45, 2.75) is 6.92 Å². The van der Waals surface area contributed by atoms with Crippen molar-refractivity contribution in [1.29, 1.82) is 0 Å². The van der Waals surface area contributed by atoms with Crippen LogP contribution in [0.4, 0.5) is 4.39 Å². The van der Waals surface area contributed by atoms with E-state index in [9.17, 15) is 9.18 Å². The van der Waals surface area contributed by atoms with Crippen LogP contribution < -0.4 is 0 Å². The van der Waals surface area contributed by atoms with Crippen LogP contribution in [0, 0.1) is 0 Å². The first kappa shape index (κ1) is 13.7. The number of aromatic nitrogens is 3. The third kappa shape index (κ3) is 3.17. The van der Waals surface area contributed by atoms with Gasteiger partial charge in [-0.3, -0.25) is 0 Å². The zero-order chi connectivity index (χ0) is 14.5. The average molecular weight is 273 g/mol. The molecule has 0 unspecified atom stereocenters. The summed E-state index contributed by atoms with van der Waals surface area (Å²) in [4.78, 5) is 10.7. The van der Waals surface area contributed by atoms with E-state index >= 15 is 0 Å². The van der Waals surface area contributed by atoms with E-state index < -0.39 is 5.97 Å². The van der Waals surface area contributed by atoms with Gasteiger partial charge in [0.2, 0.25) is 0 Å². The predicted octanol–water partition coefficient (Wildman–Crippen LogP) is 2.85. The Morgan fingerprint density at radius 1 is 1.35 bits per heavy atom. The van der Waals surface area contributed by atoms with Gasteiger partial charge in [0, 0.05) is 0 Å². The van der Waals surface area contributed by atoms with Gasteiger partial charge in [-0.2, -0.15) is 0 Å². The average Bonchev–Trinajstić information content (AvgIpc) is 2.93. The summed E-state index contributed by atoms with van der Waals surface area (Å²) in [5, 5.41) is 16.6. The second-order valence-corrected chi connectivity index (χ2v) is 3.95. The molecule has 1 aromatic carbocycles. The molecule has 2 rings (SSSR count). The van der Waals surface area contributed by atoms with E-state index in [4.69, 9.17) is 5.11 Å². The van der Waals surface area contributed by atoms with Gasteiger partial charge in [0.15, 0.2) is 0 Å². The highest BCUT2D eigenvalue weighted by molar-refractivity contribution is 5.87. The zero-order valence-electron chi connectivity index (χ0n) is 10.7. The Bertz CT molecular complexity index is 672. The predicted molar refractivity (Wildman–Crippen MR) is 72.2 cm³/mol. The fourth-order valence-corrected chi connectivity index (χ4v) is 1.50. The van der Waals surface area contributed by atoms with Crippen LogP contribution >= 0.6 is 0 Å². The lowest BCUT2D eigenvalue weighted by atomic mass is 10.2. The number of rotatable bonds is 4. The van der Waals surface area contributed by atoms with Crippen molar-refractivity contribution < 1.29 is 14.3 Å². The van der Waals surface area contributed by atoms with Crippen LogP contribution in [0.25, 0.3) is 11.8 Å². The van der Waals surface area contributed by atoms with E-state index in [2.05, 4.69) is 10.3 Å². The molecule has 0 fully saturated rings. The first-order chi connectivity index (χ1) is 9.60. The second kappa shape index (κ2) is 5.92. The van der Waals surface area contributed by atoms with Crippen molar-refractivity contribution >= 4 is 12.0 Å². The lowest BCUT2D eigenvalue weighted by Gasteiger charge is -1.99. The summed E-state index contributed by atoms with van der Waals surface area (Å²) in [7, 11) is 0. The van der Waals surface area contributed by atoms with E-state index in [1.54, 1.807) is 25.3 Å². The molecule has 2 aromatic rings. The van der Waals surface area contributed by atoms with Crippen LogP contribution in [0.1, 0.15) is 23.0 Å². The van der Waals surface area contributed by atoms with Gasteiger partial charge in [-0.15, -0.1) is 5.10 Å². The van der Waals surface area contributed by atoms with Crippen LogP contribution in [0.2, 0.25) is 0 Å². The molecule has 1 N–H and O–H groups in total. The van der Waals surface area contributed by atoms with Crippen LogP contribution in [-0.2, 0) is 0 Å². The van der Waals surface area contributed by atoms with E-state index in [0.717, 1.165) is 0 Å². The zero-order valence-corrected chi connectivity index (χ0v) is 10.7. The highest BCUT2D eigenvalue weighted by Gasteiger charge is 2.04. The summed E-state index contributed by atoms with van der Waals surface area (Å²) in [5.74, 6) is -1.34. The summed E-state index contributed by atoms with van der Waals surface area (Å²) >= 11 is 0. The summed E-state index contributed by atoms with van der Waals surface area (Å²) in [6, 6.07) is 6.21. The molecule has 5 nitrogen and oxygen atoms in total. The van der Waals surface area contributed by atoms with Gasteiger partial charge in [0.1, 0.15) is 11.5 Å². The molecule has 0 aliphatic carbocycles. The van der Waals surface area contributed by atoms with Crippen molar-refractivity contribution in [3.63, 3.8) is 0 Å². The van der Waals surface area contributed by atoms with Crippen molar-refractivity contribution in [2.75, 3.05) is 0 Å². The number of carboxylic acids is 1. The highest BCUT2D eigenvalue weighted by Crippen LogP contribution is 2.10. The van der Waals surface area contributed by atoms with E-state index in [1.807, 2.05) is 0 Å². The van der Waals surface area contributed by atoms with Crippen LogP contribution in [-0.4, -0.2) is 26.1 Å². The van der Waals surface area contributed by atoms with Gasteiger partial charge < -0.3 is 5.11 Å². The Hall–Kier alpha value is -2.76. The number of halogens is 1. The Labute approximate surface area is 114 Å². The van der Waals surface area contributed by atoms with Gasteiger partial charge >= 0.3 is 5.97 Å². The molecule has 0 saturated heterocycles. The molecule has 0 bridgehead atoms. The molecule has 0 amide bonds. The number of hydrogen-bond acceptors (Lipinski definition) is 3. The molecule has 0 aliphatic heterocycles. The van der Waals surface area contributed by atoms with Gasteiger partial charge in [-0.25, -0.2) is 13.9 Å². The molecule has 0 aliphatic rings. The topological polar surface area (TPSA) is 68.0 Å². The van der Waals surface area contributed by atoms with Gasteiger partial charge in [0.05, 0.1) is 17.4 Å². The number of hydrogen-bond donors (Lipinski definition) is 1. The van der Waals surface area contributed by atoms with E-state index in [0.29, 0.717) is 11.4 Å². The smallest absolute Gasteiger partial charge is 0.335 e. The van der Waals surface area contributed by atoms with Gasteiger partial charge in [-0.1, -0.05) is 11.3 Å². The maximum Gasteiger partial charge on any atom is 0.335 e. The third-order valence-electron chi connectivity index (χ3n) is 2.58. The molecule has 1 heterocycles. The molecule has 20 heavy (non-hydrogen) atoms. The minimum absolute atomic E-state index is 0.198. The van der Waals surface area contributed by atoms with Crippen molar-refractivity contribution in [1.82, 2.24) is 15.0 Å². The summed E-state index contributed by atoms with van der Waals surface area (Å²) in [6.07, 6.45) is 5.76. The molecule has 0 spiro atoms. The van der Waals surface area contributed by atoms with Crippen molar-refractivity contribution in [2.24, 2.45) is 0 Å². The fraction of sp³-hybridized carbons (Fsp3) is 0.0714. The Balaban J connectivity index is 2.20. The SMILES string of the molecule is CC=C(F)/C=C/c1cn(-c2ccc(C(=O)O)cc2)nn1. The number of nitrogens with zero attached hydrogens (tertiary/aromatic N) is 3. The number of carboxylic acid groups (broad SMARTS) is 1. The Kier molecular flexibility index (Phi) is 4.05. The molecule has 102 valence electrons. The summed E-state index contributed by atoms with van der Waals surface area (Å²) in [6.45, 7) is 1.60. The number of carbonyl (C=O) groups is 1. The monoisotopic (exact) mass is 273 g/mol. The third-order valence-corrected chi connectivity index (χ3v) is 2.58. The molecular formula is C14H12FN3O2. The molecular weight excluding hydrogens is 261 g/mol. The molecule has 0 radical (unpaired) electrons. The van der Waals surface area contributed by atoms with E-state index in [-0.39, 0.29) is 11.4 Å². The first-order valence-corrected chi connectivity index (χ1v) is 5.86. The number of allylic oxidation sites excluding steroid dienone is 3. The largest absolute Gasteiger partial charge is 0.478 e. The standard InChI is InChI=1S/C14H12FN3O2/c1-2-11(15)5-6-12-9-18(17-16-12)13-7-3-10(4-8-13)14(19)20/h2-9H,1H3,(H,19,20)/b6-5+,11-2?. The molecule has 6 heteroatoms. The van der Waals surface area contributed by atoms with Crippen molar-refractivity contribution in [3.8, 4) is 5.69 Å². The molecule has 0 atom stereocenters. The van der Waals surface area contributed by atoms with Crippen LogP contribution in [0.15, 0.2) is 48.4 Å². The number of benzene rings is 1. The fourth-order valence-electron chi connectivity index (χ4n) is 1.50. The van der Waals surface area contributed by atoms with Gasteiger partial charge in [0.25, 0.3) is 0 Å². The minimum Gasteiger partial charge on any atom is -0.478 e. The van der Waals surface area contributed by atoms with Crippen LogP contribution in [0.3, 0.4) is 0 Å². The maximum atomic E-state index is 12.9. The molecule has 1 aromatic heterocycles. The first-order valence-electron chi connectivity index (χ1n) is 5.86. The van der Waals surface area contributed by atoms with Gasteiger partial charge in [-0.05, 0) is 43.3 Å². The normalized spacial score (nSPS) is 12.0.